The third-order valence-corrected chi connectivity index (χ3v) is 10.5. The first-order chi connectivity index (χ1) is 25.2. The molecule has 3 aliphatic rings. The van der Waals surface area contributed by atoms with Crippen LogP contribution in [0.2, 0.25) is 5.02 Å². The van der Waals surface area contributed by atoms with E-state index in [9.17, 15) is 9.18 Å². The summed E-state index contributed by atoms with van der Waals surface area (Å²) >= 11 is 6.00. The van der Waals surface area contributed by atoms with Gasteiger partial charge < -0.3 is 24.1 Å². The molecular formula is C40H36ClFN6O4. The van der Waals surface area contributed by atoms with Gasteiger partial charge in [-0.05, 0) is 86.0 Å². The molecule has 9 rings (SSSR count). The molecule has 3 aliphatic heterocycles. The molecule has 1 fully saturated rings. The summed E-state index contributed by atoms with van der Waals surface area (Å²) in [6.45, 7) is 7.33. The summed E-state index contributed by atoms with van der Waals surface area (Å²) in [5, 5.41) is 11.5. The van der Waals surface area contributed by atoms with Crippen molar-refractivity contribution in [2.45, 2.75) is 51.7 Å². The SMILES string of the molecule is Cc1[nH]nc2ccc(C(=O)Nc3ccc4c(c3)nc(CN3CC=C(c5cccc6c5OC(C)(c5ccc(Cl)cc5F)O6)CC3)n4CC3CCO3)cc12. The lowest BCUT2D eigenvalue weighted by Gasteiger charge is -2.29. The second kappa shape index (κ2) is 12.8. The molecule has 12 heteroatoms. The molecule has 6 aromatic rings. The number of rotatable bonds is 8. The molecule has 2 aromatic heterocycles. The van der Waals surface area contributed by atoms with Crippen molar-refractivity contribution >= 4 is 50.7 Å². The minimum Gasteiger partial charge on any atom is -0.444 e. The molecular weight excluding hydrogens is 683 g/mol. The van der Waals surface area contributed by atoms with E-state index in [0.717, 1.165) is 77.1 Å². The van der Waals surface area contributed by atoms with E-state index < -0.39 is 11.6 Å². The molecule has 0 aliphatic carbocycles. The zero-order chi connectivity index (χ0) is 35.6. The Kier molecular flexibility index (Phi) is 8.02. The molecule has 0 bridgehead atoms. The van der Waals surface area contributed by atoms with Crippen molar-refractivity contribution in [2.24, 2.45) is 0 Å². The molecule has 2 unspecified atom stereocenters. The van der Waals surface area contributed by atoms with Gasteiger partial charge in [0.15, 0.2) is 11.5 Å². The molecule has 5 heterocycles. The quantitative estimate of drug-likeness (QED) is 0.164. The van der Waals surface area contributed by atoms with Crippen LogP contribution in [0.5, 0.6) is 11.5 Å². The van der Waals surface area contributed by atoms with Crippen LogP contribution in [-0.2, 0) is 23.6 Å². The average molecular weight is 719 g/mol. The molecule has 2 atom stereocenters. The van der Waals surface area contributed by atoms with Crippen LogP contribution in [0.1, 0.15) is 52.8 Å². The van der Waals surface area contributed by atoms with Crippen molar-refractivity contribution in [1.29, 1.82) is 0 Å². The molecule has 0 saturated carbocycles. The number of hydrogen-bond donors (Lipinski definition) is 2. The van der Waals surface area contributed by atoms with Crippen molar-refractivity contribution < 1.29 is 23.4 Å². The molecule has 10 nitrogen and oxygen atoms in total. The Balaban J connectivity index is 0.935. The second-order valence-electron chi connectivity index (χ2n) is 13.8. The summed E-state index contributed by atoms with van der Waals surface area (Å²) < 4.78 is 35.6. The van der Waals surface area contributed by atoms with Crippen molar-refractivity contribution in [1.82, 2.24) is 24.6 Å². The first-order valence-corrected chi connectivity index (χ1v) is 17.8. The fraction of sp³-hybridized carbons (Fsp3) is 0.275. The van der Waals surface area contributed by atoms with Crippen molar-refractivity contribution in [3.05, 3.63) is 118 Å². The zero-order valence-corrected chi connectivity index (χ0v) is 29.5. The Morgan fingerprint density at radius 3 is 2.77 bits per heavy atom. The van der Waals surface area contributed by atoms with E-state index >= 15 is 0 Å². The Labute approximate surface area is 304 Å². The third kappa shape index (κ3) is 5.88. The highest BCUT2D eigenvalue weighted by Gasteiger charge is 2.42. The zero-order valence-electron chi connectivity index (χ0n) is 28.7. The standard InChI is InChI=1S/C40H36ClFN6O4/c1-23-30-18-25(6-10-33(30)46-45-23)39(49)43-27-8-11-35-34(20-27)44-37(48(35)21-28-14-17-50-28)22-47-15-12-24(13-16-47)29-4-3-5-36-38(29)52-40(2,51-36)31-9-7-26(41)19-32(31)42/h3-12,18-20,28H,13-17,21-22H2,1-2H3,(H,43,49)(H,45,46). The van der Waals surface area contributed by atoms with E-state index in [1.807, 2.05) is 55.5 Å². The van der Waals surface area contributed by atoms with E-state index in [1.165, 1.54) is 6.07 Å². The maximum Gasteiger partial charge on any atom is 0.278 e. The summed E-state index contributed by atoms with van der Waals surface area (Å²) in [4.78, 5) is 20.7. The van der Waals surface area contributed by atoms with E-state index in [0.29, 0.717) is 40.9 Å². The smallest absolute Gasteiger partial charge is 0.278 e. The summed E-state index contributed by atoms with van der Waals surface area (Å²) in [5.41, 5.74) is 7.19. The molecule has 0 spiro atoms. The van der Waals surface area contributed by atoms with Gasteiger partial charge >= 0.3 is 0 Å². The van der Waals surface area contributed by atoms with Gasteiger partial charge in [0.1, 0.15) is 11.6 Å². The van der Waals surface area contributed by atoms with Gasteiger partial charge in [0, 0.05) is 59.5 Å². The fourth-order valence-electron chi connectivity index (χ4n) is 7.34. The molecule has 1 amide bonds. The number of aromatic nitrogens is 4. The number of nitrogens with zero attached hydrogens (tertiary/aromatic N) is 4. The van der Waals surface area contributed by atoms with Crippen LogP contribution in [0.15, 0.2) is 78.9 Å². The number of halogens is 2. The van der Waals surface area contributed by atoms with E-state index in [-0.39, 0.29) is 17.6 Å². The highest BCUT2D eigenvalue weighted by molar-refractivity contribution is 6.30. The van der Waals surface area contributed by atoms with Crippen LogP contribution in [0, 0.1) is 12.7 Å². The van der Waals surface area contributed by atoms with Crippen molar-refractivity contribution in [2.75, 3.05) is 25.0 Å². The van der Waals surface area contributed by atoms with Gasteiger partial charge in [0.25, 0.3) is 11.7 Å². The van der Waals surface area contributed by atoms with E-state index in [2.05, 4.69) is 31.1 Å². The van der Waals surface area contributed by atoms with Gasteiger partial charge in [-0.3, -0.25) is 14.8 Å². The lowest BCUT2D eigenvalue weighted by atomic mass is 9.98. The van der Waals surface area contributed by atoms with Crippen LogP contribution in [0.4, 0.5) is 10.1 Å². The number of hydrogen-bond acceptors (Lipinski definition) is 7. The molecule has 1 saturated heterocycles. The van der Waals surface area contributed by atoms with Crippen molar-refractivity contribution in [3.63, 3.8) is 0 Å². The predicted molar refractivity (Wildman–Crippen MR) is 197 cm³/mol. The Morgan fingerprint density at radius 2 is 1.98 bits per heavy atom. The lowest BCUT2D eigenvalue weighted by Crippen LogP contribution is -2.33. The first-order valence-electron chi connectivity index (χ1n) is 17.5. The van der Waals surface area contributed by atoms with Crippen LogP contribution < -0.4 is 14.8 Å². The second-order valence-corrected chi connectivity index (χ2v) is 14.2. The number of carbonyl (C=O) groups excluding carboxylic acids is 1. The third-order valence-electron chi connectivity index (χ3n) is 10.3. The Hall–Kier alpha value is -5.23. The Morgan fingerprint density at radius 1 is 1.10 bits per heavy atom. The Bertz CT molecular complexity index is 2420. The minimum atomic E-state index is -1.31. The number of amides is 1. The minimum absolute atomic E-state index is 0.152. The van der Waals surface area contributed by atoms with Crippen LogP contribution >= 0.6 is 11.6 Å². The monoisotopic (exact) mass is 718 g/mol. The summed E-state index contributed by atoms with van der Waals surface area (Å²) in [6.07, 6.45) is 4.18. The highest BCUT2D eigenvalue weighted by atomic mass is 35.5. The summed E-state index contributed by atoms with van der Waals surface area (Å²) in [5.74, 6) is 0.156. The van der Waals surface area contributed by atoms with Gasteiger partial charge in [0.05, 0.1) is 41.3 Å². The largest absolute Gasteiger partial charge is 0.444 e. The number of anilines is 1. The number of aromatic amines is 1. The van der Waals surface area contributed by atoms with Gasteiger partial charge in [-0.25, -0.2) is 9.37 Å². The molecule has 264 valence electrons. The highest BCUT2D eigenvalue weighted by Crippen LogP contribution is 2.49. The maximum atomic E-state index is 14.9. The van der Waals surface area contributed by atoms with E-state index in [4.69, 9.17) is 30.8 Å². The summed E-state index contributed by atoms with van der Waals surface area (Å²) in [6, 6.07) is 21.7. The molecule has 52 heavy (non-hydrogen) atoms. The number of imidazole rings is 1. The van der Waals surface area contributed by atoms with Crippen LogP contribution in [0.3, 0.4) is 0 Å². The maximum absolute atomic E-state index is 14.9. The number of nitrogens with one attached hydrogen (secondary N) is 2. The average Bonchev–Trinajstić information content (AvgIpc) is 3.78. The normalized spacial score (nSPS) is 19.9. The van der Waals surface area contributed by atoms with Gasteiger partial charge in [-0.1, -0.05) is 29.8 Å². The van der Waals surface area contributed by atoms with Gasteiger partial charge in [-0.15, -0.1) is 0 Å². The fourth-order valence-corrected chi connectivity index (χ4v) is 7.50. The number of fused-ring (bicyclic) bond motifs is 3. The van der Waals surface area contributed by atoms with Gasteiger partial charge in [0.2, 0.25) is 0 Å². The number of carbonyl (C=O) groups is 1. The topological polar surface area (TPSA) is 107 Å². The molecule has 4 aromatic carbocycles. The van der Waals surface area contributed by atoms with Crippen LogP contribution in [-0.4, -0.2) is 56.4 Å². The first kappa shape index (κ1) is 32.7. The number of para-hydroxylation sites is 1. The van der Waals surface area contributed by atoms with Crippen molar-refractivity contribution in [3.8, 4) is 11.5 Å². The number of H-pyrrole nitrogens is 1. The van der Waals surface area contributed by atoms with Gasteiger partial charge in [-0.2, -0.15) is 5.10 Å². The van der Waals surface area contributed by atoms with E-state index in [1.54, 1.807) is 25.1 Å². The molecule has 2 N–H and O–H groups in total. The number of aryl methyl sites for hydroxylation is 1. The summed E-state index contributed by atoms with van der Waals surface area (Å²) in [7, 11) is 0. The number of benzene rings is 4. The lowest BCUT2D eigenvalue weighted by molar-refractivity contribution is -0.0708. The number of ether oxygens (including phenoxy) is 3. The predicted octanol–water partition coefficient (Wildman–Crippen LogP) is 7.99. The van der Waals surface area contributed by atoms with Crippen LogP contribution in [0.25, 0.3) is 27.5 Å². The molecule has 0 radical (unpaired) electrons.